The van der Waals surface area contributed by atoms with Crippen LogP contribution in [0.5, 0.6) is 0 Å². The zero-order valence-corrected chi connectivity index (χ0v) is 12.8. The number of aromatic nitrogens is 2. The van der Waals surface area contributed by atoms with E-state index in [4.69, 9.17) is 0 Å². The number of carbonyl (C=O) groups is 1. The van der Waals surface area contributed by atoms with Gasteiger partial charge in [-0.3, -0.25) is 9.69 Å². The molecule has 0 spiro atoms. The van der Waals surface area contributed by atoms with E-state index in [1.807, 2.05) is 36.4 Å². The van der Waals surface area contributed by atoms with Gasteiger partial charge in [-0.1, -0.05) is 18.2 Å². The third kappa shape index (κ3) is 2.13. The topological polar surface area (TPSA) is 41.4 Å². The van der Waals surface area contributed by atoms with Crippen LogP contribution in [-0.2, 0) is 24.3 Å². The number of hydrogen-bond acceptors (Lipinski definition) is 3. The first-order valence-electron chi connectivity index (χ1n) is 7.87. The minimum Gasteiger partial charge on any atom is -0.333 e. The van der Waals surface area contributed by atoms with Crippen LogP contribution in [0.3, 0.4) is 0 Å². The van der Waals surface area contributed by atoms with E-state index in [-0.39, 0.29) is 11.9 Å². The Morgan fingerprint density at radius 2 is 2.09 bits per heavy atom. The second kappa shape index (κ2) is 5.25. The molecule has 0 saturated carbocycles. The van der Waals surface area contributed by atoms with Crippen molar-refractivity contribution in [1.82, 2.24) is 14.5 Å². The van der Waals surface area contributed by atoms with Crippen LogP contribution in [0.2, 0.25) is 0 Å². The quantitative estimate of drug-likeness (QED) is 0.846. The minimum absolute atomic E-state index is 0.114. The zero-order valence-electron chi connectivity index (χ0n) is 12.8. The molecule has 2 aromatic rings. The average Bonchev–Trinajstić information content (AvgIpc) is 3.19. The maximum absolute atomic E-state index is 12.9. The Kier molecular flexibility index (Phi) is 3.22. The van der Waals surface area contributed by atoms with Gasteiger partial charge in [-0.25, -0.2) is 4.98 Å². The first kappa shape index (κ1) is 13.5. The fourth-order valence-electron chi connectivity index (χ4n) is 3.47. The smallest absolute Gasteiger partial charge is 0.244 e. The molecule has 2 aliphatic heterocycles. The number of fused-ring (bicyclic) bond motifs is 2. The van der Waals surface area contributed by atoms with E-state index in [1.165, 1.54) is 5.56 Å². The first-order valence-corrected chi connectivity index (χ1v) is 7.87. The van der Waals surface area contributed by atoms with Crippen molar-refractivity contribution in [2.24, 2.45) is 0 Å². The lowest BCUT2D eigenvalue weighted by atomic mass is 10.1. The van der Waals surface area contributed by atoms with Crippen LogP contribution in [0.4, 0.5) is 5.69 Å². The largest absolute Gasteiger partial charge is 0.333 e. The predicted molar refractivity (Wildman–Crippen MR) is 84.6 cm³/mol. The van der Waals surface area contributed by atoms with Crippen LogP contribution in [0.15, 0.2) is 36.7 Å². The van der Waals surface area contributed by atoms with Gasteiger partial charge >= 0.3 is 0 Å². The molecular formula is C17H20N4O. The van der Waals surface area contributed by atoms with Gasteiger partial charge in [0.05, 0.1) is 12.6 Å². The fourth-order valence-corrected chi connectivity index (χ4v) is 3.47. The van der Waals surface area contributed by atoms with Gasteiger partial charge in [0.1, 0.15) is 5.82 Å². The molecular weight excluding hydrogens is 276 g/mol. The highest BCUT2D eigenvalue weighted by molar-refractivity contribution is 5.98. The lowest BCUT2D eigenvalue weighted by molar-refractivity contribution is -0.123. The second-order valence-electron chi connectivity index (χ2n) is 6.05. The van der Waals surface area contributed by atoms with E-state index in [2.05, 4.69) is 26.6 Å². The summed E-state index contributed by atoms with van der Waals surface area (Å²) < 4.78 is 2.17. The molecule has 1 amide bonds. The summed E-state index contributed by atoms with van der Waals surface area (Å²) in [5.74, 6) is 1.25. The molecule has 1 aromatic heterocycles. The van der Waals surface area contributed by atoms with Crippen molar-refractivity contribution in [3.8, 4) is 0 Å². The van der Waals surface area contributed by atoms with Crippen molar-refractivity contribution in [1.29, 1.82) is 0 Å². The van der Waals surface area contributed by atoms with Crippen molar-refractivity contribution in [3.05, 3.63) is 48.0 Å². The van der Waals surface area contributed by atoms with E-state index in [0.717, 1.165) is 44.1 Å². The molecule has 3 heterocycles. The monoisotopic (exact) mass is 296 g/mol. The van der Waals surface area contributed by atoms with Crippen molar-refractivity contribution in [3.63, 3.8) is 0 Å². The van der Waals surface area contributed by atoms with E-state index >= 15 is 0 Å². The van der Waals surface area contributed by atoms with Gasteiger partial charge in [0.2, 0.25) is 5.91 Å². The molecule has 1 aromatic carbocycles. The summed E-state index contributed by atoms with van der Waals surface area (Å²) in [6, 6.07) is 8.10. The minimum atomic E-state index is -0.114. The maximum atomic E-state index is 12.9. The van der Waals surface area contributed by atoms with Crippen LogP contribution in [0.25, 0.3) is 0 Å². The van der Waals surface area contributed by atoms with Crippen molar-refractivity contribution >= 4 is 11.6 Å². The molecule has 0 radical (unpaired) electrons. The lowest BCUT2D eigenvalue weighted by Gasteiger charge is -2.34. The summed E-state index contributed by atoms with van der Waals surface area (Å²) in [7, 11) is 0. The summed E-state index contributed by atoms with van der Waals surface area (Å²) in [6.07, 6.45) is 4.80. The van der Waals surface area contributed by atoms with Crippen LogP contribution >= 0.6 is 0 Å². The molecule has 1 atom stereocenters. The third-order valence-corrected chi connectivity index (χ3v) is 4.83. The number of hydrogen-bond donors (Lipinski definition) is 0. The molecule has 0 unspecified atom stereocenters. The Morgan fingerprint density at radius 3 is 3.00 bits per heavy atom. The summed E-state index contributed by atoms with van der Waals surface area (Å²) in [5, 5.41) is 0. The highest BCUT2D eigenvalue weighted by atomic mass is 16.2. The Labute approximate surface area is 130 Å². The van der Waals surface area contributed by atoms with Gasteiger partial charge in [0, 0.05) is 37.7 Å². The molecule has 4 rings (SSSR count). The number of nitrogens with zero attached hydrogens (tertiary/aromatic N) is 4. The van der Waals surface area contributed by atoms with Gasteiger partial charge in [0.15, 0.2) is 0 Å². The summed E-state index contributed by atoms with van der Waals surface area (Å²) in [5.41, 5.74) is 2.36. The highest BCUT2D eigenvalue weighted by Crippen LogP contribution is 2.28. The molecule has 2 aliphatic rings. The number of amides is 1. The molecule has 0 aliphatic carbocycles. The number of benzene rings is 1. The summed E-state index contributed by atoms with van der Waals surface area (Å²) >= 11 is 0. The SMILES string of the molecule is C[C@@H](C(=O)N1CCc2ccccc21)N1CCn2ccnc2C1. The Balaban J connectivity index is 1.52. The molecule has 0 bridgehead atoms. The highest BCUT2D eigenvalue weighted by Gasteiger charge is 2.32. The first-order chi connectivity index (χ1) is 10.7. The fraction of sp³-hybridized carbons (Fsp3) is 0.412. The van der Waals surface area contributed by atoms with Crippen molar-refractivity contribution in [2.75, 3.05) is 18.0 Å². The molecule has 0 N–H and O–H groups in total. The van der Waals surface area contributed by atoms with Gasteiger partial charge < -0.3 is 9.47 Å². The van der Waals surface area contributed by atoms with Crippen LogP contribution in [0.1, 0.15) is 18.3 Å². The lowest BCUT2D eigenvalue weighted by Crippen LogP contribution is -2.49. The molecule has 0 saturated heterocycles. The summed E-state index contributed by atoms with van der Waals surface area (Å²) in [4.78, 5) is 21.5. The molecule has 0 fully saturated rings. The Bertz CT molecular complexity index is 708. The molecule has 5 heteroatoms. The average molecular weight is 296 g/mol. The number of rotatable bonds is 2. The van der Waals surface area contributed by atoms with Crippen molar-refractivity contribution < 1.29 is 4.79 Å². The Hall–Kier alpha value is -2.14. The third-order valence-electron chi connectivity index (χ3n) is 4.83. The van der Waals surface area contributed by atoms with Gasteiger partial charge in [-0.15, -0.1) is 0 Å². The number of para-hydroxylation sites is 1. The van der Waals surface area contributed by atoms with Gasteiger partial charge in [-0.05, 0) is 25.0 Å². The molecule has 114 valence electrons. The van der Waals surface area contributed by atoms with Crippen LogP contribution < -0.4 is 4.90 Å². The Morgan fingerprint density at radius 1 is 1.23 bits per heavy atom. The van der Waals surface area contributed by atoms with Crippen LogP contribution in [0, 0.1) is 0 Å². The zero-order chi connectivity index (χ0) is 15.1. The van der Waals surface area contributed by atoms with E-state index in [9.17, 15) is 4.79 Å². The van der Waals surface area contributed by atoms with Gasteiger partial charge in [0.25, 0.3) is 0 Å². The number of carbonyl (C=O) groups excluding carboxylic acids is 1. The van der Waals surface area contributed by atoms with E-state index in [1.54, 1.807) is 0 Å². The van der Waals surface area contributed by atoms with E-state index in [0.29, 0.717) is 0 Å². The standard InChI is InChI=1S/C17H20N4O/c1-13(20-11-10-19-9-7-18-16(19)12-20)17(22)21-8-6-14-4-2-3-5-15(14)21/h2-5,7,9,13H,6,8,10-12H2,1H3/t13-/m0/s1. The summed E-state index contributed by atoms with van der Waals surface area (Å²) in [6.45, 7) is 5.36. The van der Waals surface area contributed by atoms with Crippen LogP contribution in [-0.4, -0.2) is 39.5 Å². The number of anilines is 1. The second-order valence-corrected chi connectivity index (χ2v) is 6.05. The van der Waals surface area contributed by atoms with E-state index < -0.39 is 0 Å². The molecule has 22 heavy (non-hydrogen) atoms. The van der Waals surface area contributed by atoms with Gasteiger partial charge in [-0.2, -0.15) is 0 Å². The maximum Gasteiger partial charge on any atom is 0.244 e. The normalized spacial score (nSPS) is 18.9. The molecule has 5 nitrogen and oxygen atoms in total. The number of imidazole rings is 1. The van der Waals surface area contributed by atoms with Crippen molar-refractivity contribution in [2.45, 2.75) is 32.5 Å². The predicted octanol–water partition coefficient (Wildman–Crippen LogP) is 1.68.